The fourth-order valence-electron chi connectivity index (χ4n) is 6.20. The van der Waals surface area contributed by atoms with Crippen molar-refractivity contribution in [2.75, 3.05) is 12.0 Å². The molecule has 3 N–H and O–H groups in total. The van der Waals surface area contributed by atoms with Crippen LogP contribution in [0.3, 0.4) is 0 Å². The summed E-state index contributed by atoms with van der Waals surface area (Å²) in [6.07, 6.45) is 3.72. The third-order valence-corrected chi connectivity index (χ3v) is 8.99. The molecule has 2 heterocycles. The highest BCUT2D eigenvalue weighted by molar-refractivity contribution is 7.98. The first-order valence-electron chi connectivity index (χ1n) is 13.5. The highest BCUT2D eigenvalue weighted by Gasteiger charge is 2.48. The van der Waals surface area contributed by atoms with Crippen LogP contribution >= 0.6 is 11.8 Å². The normalized spacial score (nSPS) is 22.6. The van der Waals surface area contributed by atoms with E-state index in [-0.39, 0.29) is 40.1 Å². The van der Waals surface area contributed by atoms with Crippen molar-refractivity contribution in [3.05, 3.63) is 51.8 Å². The number of carbonyl (C=O) groups excluding carboxylic acids is 1. The number of rotatable bonds is 4. The zero-order chi connectivity index (χ0) is 28.2. The molecule has 1 aliphatic rings. The highest BCUT2D eigenvalue weighted by atomic mass is 32.2. The number of nitrogens with two attached hydrogens (primary N) is 1. The predicted molar refractivity (Wildman–Crippen MR) is 158 cm³/mol. The topological polar surface area (TPSA) is 89.6 Å². The number of aromatic nitrogens is 2. The summed E-state index contributed by atoms with van der Waals surface area (Å²) in [5, 5.41) is 0.793. The Bertz CT molecular complexity index is 1370. The van der Waals surface area contributed by atoms with E-state index in [9.17, 15) is 9.59 Å². The first-order chi connectivity index (χ1) is 17.6. The zero-order valence-electron chi connectivity index (χ0n) is 24.3. The van der Waals surface area contributed by atoms with Gasteiger partial charge in [-0.2, -0.15) is 0 Å². The molecule has 38 heavy (non-hydrogen) atoms. The van der Waals surface area contributed by atoms with Crippen molar-refractivity contribution < 1.29 is 9.53 Å². The van der Waals surface area contributed by atoms with Gasteiger partial charge in [-0.1, -0.05) is 78.3 Å². The maximum Gasteiger partial charge on any atom is 0.342 e. The first-order valence-corrected chi connectivity index (χ1v) is 14.7. The number of nitrogens with one attached hydrogen (secondary N) is 1. The van der Waals surface area contributed by atoms with Gasteiger partial charge in [-0.25, -0.2) is 4.79 Å². The summed E-state index contributed by atoms with van der Waals surface area (Å²) < 4.78 is 8.38. The van der Waals surface area contributed by atoms with Gasteiger partial charge in [0.05, 0.1) is 5.03 Å². The van der Waals surface area contributed by atoms with Crippen LogP contribution in [-0.4, -0.2) is 27.7 Å². The van der Waals surface area contributed by atoms with E-state index in [0.29, 0.717) is 17.1 Å². The maximum atomic E-state index is 14.4. The number of esters is 1. The summed E-state index contributed by atoms with van der Waals surface area (Å²) in [5.74, 6) is 0.839. The number of thioether (sulfide) groups is 1. The number of fused-ring (bicyclic) bond motifs is 1. The highest BCUT2D eigenvalue weighted by Crippen LogP contribution is 2.50. The number of H-pyrrole nitrogens is 1. The molecule has 6 nitrogen and oxygen atoms in total. The van der Waals surface area contributed by atoms with Crippen LogP contribution in [0.2, 0.25) is 0 Å². The Morgan fingerprint density at radius 2 is 1.61 bits per heavy atom. The van der Waals surface area contributed by atoms with Crippen LogP contribution < -0.4 is 11.3 Å². The van der Waals surface area contributed by atoms with Crippen molar-refractivity contribution in [1.82, 2.24) is 9.38 Å². The molecular weight excluding hydrogens is 494 g/mol. The summed E-state index contributed by atoms with van der Waals surface area (Å²) in [6.45, 7) is 17.8. The van der Waals surface area contributed by atoms with Crippen molar-refractivity contribution in [3.63, 3.8) is 0 Å². The van der Waals surface area contributed by atoms with Gasteiger partial charge in [0.2, 0.25) is 0 Å². The van der Waals surface area contributed by atoms with Crippen molar-refractivity contribution in [1.29, 1.82) is 0 Å². The van der Waals surface area contributed by atoms with E-state index in [1.165, 1.54) is 17.8 Å². The number of anilines is 1. The molecule has 2 atom stereocenters. The van der Waals surface area contributed by atoms with Crippen molar-refractivity contribution in [2.24, 2.45) is 28.6 Å². The Balaban J connectivity index is 1.94. The molecule has 2 aromatic heterocycles. The van der Waals surface area contributed by atoms with E-state index in [0.717, 1.165) is 34.6 Å². The monoisotopic (exact) mass is 537 g/mol. The Morgan fingerprint density at radius 3 is 2.11 bits per heavy atom. The Morgan fingerprint density at radius 1 is 1.05 bits per heavy atom. The maximum absolute atomic E-state index is 14.4. The molecule has 3 aromatic rings. The Hall–Kier alpha value is -2.67. The van der Waals surface area contributed by atoms with Crippen LogP contribution in [0.25, 0.3) is 16.8 Å². The van der Waals surface area contributed by atoms with Gasteiger partial charge < -0.3 is 15.5 Å². The van der Waals surface area contributed by atoms with E-state index >= 15 is 0 Å². The molecule has 0 aliphatic heterocycles. The lowest BCUT2D eigenvalue weighted by atomic mass is 9.59. The summed E-state index contributed by atoms with van der Waals surface area (Å²) in [4.78, 5) is 29.8. The van der Waals surface area contributed by atoms with Crippen molar-refractivity contribution >= 4 is 29.2 Å². The molecule has 1 aliphatic carbocycles. The number of nitrogens with zero attached hydrogens (tertiary/aromatic N) is 1. The number of benzene rings is 1. The number of aromatic amines is 1. The molecule has 7 heteroatoms. The molecular formula is C31H43N3O3S. The summed E-state index contributed by atoms with van der Waals surface area (Å²) >= 11 is 1.49. The third kappa shape index (κ3) is 5.27. The van der Waals surface area contributed by atoms with Crippen LogP contribution in [0, 0.1) is 35.5 Å². The number of ether oxygens (including phenoxy) is 1. The van der Waals surface area contributed by atoms with Gasteiger partial charge in [0.25, 0.3) is 5.56 Å². The smallest absolute Gasteiger partial charge is 0.342 e. The van der Waals surface area contributed by atoms with Gasteiger partial charge in [0, 0.05) is 23.5 Å². The predicted octanol–water partition coefficient (Wildman–Crippen LogP) is 7.19. The molecule has 1 aromatic carbocycles. The van der Waals surface area contributed by atoms with Crippen molar-refractivity contribution in [2.45, 2.75) is 79.4 Å². The van der Waals surface area contributed by atoms with E-state index in [1.54, 1.807) is 4.40 Å². The summed E-state index contributed by atoms with van der Waals surface area (Å²) in [6, 6.07) is 9.42. The number of aryl methyl sites for hydroxylation is 1. The average molecular weight is 538 g/mol. The number of hydrogen-bond acceptors (Lipinski definition) is 5. The van der Waals surface area contributed by atoms with Crippen molar-refractivity contribution in [3.8, 4) is 11.1 Å². The third-order valence-electron chi connectivity index (χ3n) is 8.22. The molecule has 1 saturated carbocycles. The van der Waals surface area contributed by atoms with Gasteiger partial charge in [0.1, 0.15) is 23.1 Å². The molecule has 0 amide bonds. The minimum Gasteiger partial charge on any atom is -0.458 e. The van der Waals surface area contributed by atoms with E-state index in [1.807, 2.05) is 37.4 Å². The minimum absolute atomic E-state index is 0.0328. The zero-order valence-corrected chi connectivity index (χ0v) is 25.1. The second kappa shape index (κ2) is 10.1. The van der Waals surface area contributed by atoms with Crippen LogP contribution in [-0.2, 0) is 4.74 Å². The quantitative estimate of drug-likeness (QED) is 0.272. The minimum atomic E-state index is -0.414. The lowest BCUT2D eigenvalue weighted by Gasteiger charge is -2.50. The molecule has 2 unspecified atom stereocenters. The van der Waals surface area contributed by atoms with Gasteiger partial charge in [-0.05, 0) is 48.3 Å². The summed E-state index contributed by atoms with van der Waals surface area (Å²) in [5.41, 5.74) is 9.42. The fourth-order valence-corrected chi connectivity index (χ4v) is 7.00. The van der Waals surface area contributed by atoms with E-state index < -0.39 is 5.97 Å². The number of hydrogen-bond donors (Lipinski definition) is 2. The lowest BCUT2D eigenvalue weighted by molar-refractivity contribution is -0.0922. The van der Waals surface area contributed by atoms with Crippen LogP contribution in [0.5, 0.6) is 0 Å². The second-order valence-electron chi connectivity index (χ2n) is 13.3. The molecule has 4 rings (SSSR count). The first kappa shape index (κ1) is 28.3. The van der Waals surface area contributed by atoms with Gasteiger partial charge in [-0.15, -0.1) is 11.8 Å². The number of carbonyl (C=O) groups is 1. The van der Waals surface area contributed by atoms with Gasteiger partial charge in [0.15, 0.2) is 0 Å². The van der Waals surface area contributed by atoms with E-state index in [2.05, 4.69) is 53.5 Å². The Labute approximate surface area is 230 Å². The van der Waals surface area contributed by atoms with Crippen LogP contribution in [0.4, 0.5) is 5.82 Å². The average Bonchev–Trinajstić information content (AvgIpc) is 3.13. The number of nitrogen functional groups attached to an aromatic ring is 1. The molecule has 206 valence electrons. The van der Waals surface area contributed by atoms with Crippen LogP contribution in [0.15, 0.2) is 40.2 Å². The van der Waals surface area contributed by atoms with Gasteiger partial charge in [-0.3, -0.25) is 9.20 Å². The van der Waals surface area contributed by atoms with Gasteiger partial charge >= 0.3 is 5.97 Å². The summed E-state index contributed by atoms with van der Waals surface area (Å²) in [7, 11) is 0. The SMILES string of the molecule is CSc1c(-c2ccc(C)cc2)c(C(=O)OC2C(C(C)(C)C)CC(C)CC2C(C)(C)C)c2[nH]c(=O)cc(N)n12. The second-order valence-corrected chi connectivity index (χ2v) is 14.1. The lowest BCUT2D eigenvalue weighted by Crippen LogP contribution is -2.49. The molecule has 0 radical (unpaired) electrons. The van der Waals surface area contributed by atoms with E-state index in [4.69, 9.17) is 10.5 Å². The van der Waals surface area contributed by atoms with Crippen LogP contribution in [0.1, 0.15) is 77.2 Å². The largest absolute Gasteiger partial charge is 0.458 e. The molecule has 0 saturated heterocycles. The Kier molecular flexibility index (Phi) is 7.56. The standard InChI is InChI=1S/C31H43N3O3S/c1-17-10-12-19(13-11-17)24-25(27-33-23(35)16-22(32)34(27)28(24)38-9)29(36)37-26-20(30(3,4)5)14-18(2)15-21(26)31(6,7)8/h10-13,16,18,20-21,26H,14-15,32H2,1-9H3,(H,33,35). The fraction of sp³-hybridized carbons (Fsp3) is 0.548. The molecule has 1 fully saturated rings. The molecule has 0 spiro atoms. The molecule has 0 bridgehead atoms.